The lowest BCUT2D eigenvalue weighted by atomic mass is 10.0. The van der Waals surface area contributed by atoms with E-state index in [2.05, 4.69) is 22.3 Å². The minimum absolute atomic E-state index is 0. The molecule has 0 spiro atoms. The number of carbonyl (C=O) groups is 1. The Balaban J connectivity index is 0.00000288. The molecule has 0 bridgehead atoms. The highest BCUT2D eigenvalue weighted by atomic mass is 35.5. The molecule has 1 saturated heterocycles. The Kier molecular flexibility index (Phi) is 9.76. The lowest BCUT2D eigenvalue weighted by Crippen LogP contribution is -2.46. The molecule has 1 aliphatic rings. The van der Waals surface area contributed by atoms with Gasteiger partial charge in [0.05, 0.1) is 6.61 Å². The highest BCUT2D eigenvalue weighted by Crippen LogP contribution is 2.21. The predicted molar refractivity (Wildman–Crippen MR) is 99.6 cm³/mol. The third-order valence-corrected chi connectivity index (χ3v) is 4.25. The number of nitrogens with one attached hydrogen (secondary N) is 1. The normalized spacial score (nSPS) is 17.8. The van der Waals surface area contributed by atoms with Gasteiger partial charge in [0.1, 0.15) is 5.75 Å². The fourth-order valence-corrected chi connectivity index (χ4v) is 3.09. The van der Waals surface area contributed by atoms with Crippen LogP contribution < -0.4 is 15.8 Å². The maximum absolute atomic E-state index is 11.6. The Bertz CT molecular complexity index is 499. The van der Waals surface area contributed by atoms with Crippen LogP contribution in [-0.2, 0) is 11.3 Å². The fraction of sp³-hybridized carbons (Fsp3) is 0.611. The van der Waals surface area contributed by atoms with Gasteiger partial charge in [-0.15, -0.1) is 12.4 Å². The molecule has 2 rings (SSSR count). The number of benzene rings is 1. The molecule has 1 amide bonds. The molecule has 1 atom stereocenters. The van der Waals surface area contributed by atoms with Crippen molar-refractivity contribution in [1.82, 2.24) is 10.2 Å². The second-order valence-electron chi connectivity index (χ2n) is 6.04. The number of halogens is 1. The monoisotopic (exact) mass is 355 g/mol. The number of ether oxygens (including phenoxy) is 1. The Morgan fingerprint density at radius 3 is 3.00 bits per heavy atom. The van der Waals surface area contributed by atoms with E-state index in [0.717, 1.165) is 25.3 Å². The van der Waals surface area contributed by atoms with Crippen LogP contribution in [0, 0.1) is 0 Å². The molecule has 1 aliphatic heterocycles. The van der Waals surface area contributed by atoms with Gasteiger partial charge in [-0.1, -0.05) is 18.6 Å². The summed E-state index contributed by atoms with van der Waals surface area (Å²) in [7, 11) is 0. The van der Waals surface area contributed by atoms with Crippen LogP contribution in [0.3, 0.4) is 0 Å². The topological polar surface area (TPSA) is 67.6 Å². The first kappa shape index (κ1) is 20.7. The molecular formula is C18H30ClN3O2. The lowest BCUT2D eigenvalue weighted by Gasteiger charge is -2.36. The summed E-state index contributed by atoms with van der Waals surface area (Å²) in [6.45, 7) is 5.78. The van der Waals surface area contributed by atoms with Crippen molar-refractivity contribution < 1.29 is 9.53 Å². The largest absolute Gasteiger partial charge is 0.494 e. The highest BCUT2D eigenvalue weighted by molar-refractivity contribution is 5.85. The van der Waals surface area contributed by atoms with Crippen LogP contribution in [0.5, 0.6) is 5.75 Å². The molecule has 1 aromatic carbocycles. The second kappa shape index (κ2) is 11.3. The van der Waals surface area contributed by atoms with Crippen molar-refractivity contribution in [1.29, 1.82) is 0 Å². The summed E-state index contributed by atoms with van der Waals surface area (Å²) in [6, 6.07) is 8.69. The van der Waals surface area contributed by atoms with Crippen LogP contribution in [0.25, 0.3) is 0 Å². The first-order valence-corrected chi connectivity index (χ1v) is 8.65. The number of piperidine rings is 1. The molecule has 5 nitrogen and oxygen atoms in total. The van der Waals surface area contributed by atoms with Gasteiger partial charge < -0.3 is 15.8 Å². The highest BCUT2D eigenvalue weighted by Gasteiger charge is 2.22. The molecular weight excluding hydrogens is 326 g/mol. The molecule has 136 valence electrons. The number of rotatable bonds is 8. The standard InChI is InChI=1S/C18H29N3O2.ClH/c1-2-23-17-8-5-6-15(12-17)14-21-11-4-3-7-16(21)13-20-18(22)9-10-19;/h5-6,8,12,16H,2-4,7,9-11,13-14,19H2,1H3,(H,20,22);1H. The fourth-order valence-electron chi connectivity index (χ4n) is 3.09. The van der Waals surface area contributed by atoms with Crippen LogP contribution in [0.15, 0.2) is 24.3 Å². The minimum atomic E-state index is 0. The number of amides is 1. The van der Waals surface area contributed by atoms with E-state index >= 15 is 0 Å². The van der Waals surface area contributed by atoms with Gasteiger partial charge in [0.2, 0.25) is 5.91 Å². The van der Waals surface area contributed by atoms with Gasteiger partial charge in [0.25, 0.3) is 0 Å². The summed E-state index contributed by atoms with van der Waals surface area (Å²) in [5, 5.41) is 3.02. The van der Waals surface area contributed by atoms with Gasteiger partial charge in [-0.3, -0.25) is 9.69 Å². The van der Waals surface area contributed by atoms with Gasteiger partial charge in [-0.25, -0.2) is 0 Å². The van der Waals surface area contributed by atoms with Crippen LogP contribution in [0.4, 0.5) is 0 Å². The molecule has 24 heavy (non-hydrogen) atoms. The van der Waals surface area contributed by atoms with Crippen LogP contribution in [0.2, 0.25) is 0 Å². The summed E-state index contributed by atoms with van der Waals surface area (Å²) in [4.78, 5) is 14.1. The van der Waals surface area contributed by atoms with Crippen LogP contribution in [0.1, 0.15) is 38.2 Å². The SMILES string of the molecule is CCOc1cccc(CN2CCCCC2CNC(=O)CCN)c1.Cl. The molecule has 1 aromatic rings. The lowest BCUT2D eigenvalue weighted by molar-refractivity contribution is -0.121. The molecule has 6 heteroatoms. The molecule has 1 unspecified atom stereocenters. The summed E-state index contributed by atoms with van der Waals surface area (Å²) in [6.07, 6.45) is 3.99. The smallest absolute Gasteiger partial charge is 0.221 e. The number of likely N-dealkylation sites (tertiary alicyclic amines) is 1. The number of nitrogens with two attached hydrogens (primary N) is 1. The number of carbonyl (C=O) groups excluding carboxylic acids is 1. The predicted octanol–water partition coefficient (Wildman–Crippen LogP) is 2.33. The summed E-state index contributed by atoms with van der Waals surface area (Å²) in [5.41, 5.74) is 6.68. The van der Waals surface area contributed by atoms with E-state index < -0.39 is 0 Å². The zero-order valence-electron chi connectivity index (χ0n) is 14.5. The third kappa shape index (κ3) is 6.67. The van der Waals surface area contributed by atoms with Crippen molar-refractivity contribution in [3.63, 3.8) is 0 Å². The number of nitrogens with zero attached hydrogens (tertiary/aromatic N) is 1. The van der Waals surface area contributed by atoms with E-state index in [-0.39, 0.29) is 18.3 Å². The van der Waals surface area contributed by atoms with E-state index in [1.807, 2.05) is 19.1 Å². The molecule has 3 N–H and O–H groups in total. The van der Waals surface area contributed by atoms with Gasteiger partial charge in [0.15, 0.2) is 0 Å². The van der Waals surface area contributed by atoms with Crippen molar-refractivity contribution in [3.8, 4) is 5.75 Å². The van der Waals surface area contributed by atoms with Gasteiger partial charge >= 0.3 is 0 Å². The van der Waals surface area contributed by atoms with Crippen molar-refractivity contribution in [2.24, 2.45) is 5.73 Å². The second-order valence-corrected chi connectivity index (χ2v) is 6.04. The maximum atomic E-state index is 11.6. The average Bonchev–Trinajstić information content (AvgIpc) is 2.55. The Hall–Kier alpha value is -1.30. The summed E-state index contributed by atoms with van der Waals surface area (Å²) < 4.78 is 5.58. The van der Waals surface area contributed by atoms with Crippen LogP contribution in [-0.4, -0.2) is 43.1 Å². The number of hydrogen-bond acceptors (Lipinski definition) is 4. The van der Waals surface area contributed by atoms with E-state index in [0.29, 0.717) is 32.2 Å². The molecule has 0 radical (unpaired) electrons. The first-order chi connectivity index (χ1) is 11.2. The van der Waals surface area contributed by atoms with E-state index in [1.165, 1.54) is 18.4 Å². The average molecular weight is 356 g/mol. The molecule has 1 fully saturated rings. The van der Waals surface area contributed by atoms with E-state index in [4.69, 9.17) is 10.5 Å². The van der Waals surface area contributed by atoms with Crippen molar-refractivity contribution in [3.05, 3.63) is 29.8 Å². The first-order valence-electron chi connectivity index (χ1n) is 8.65. The van der Waals surface area contributed by atoms with E-state index in [1.54, 1.807) is 0 Å². The van der Waals surface area contributed by atoms with E-state index in [9.17, 15) is 4.79 Å². The number of hydrogen-bond donors (Lipinski definition) is 2. The van der Waals surface area contributed by atoms with Crippen LogP contribution >= 0.6 is 12.4 Å². The van der Waals surface area contributed by atoms with Gasteiger partial charge in [-0.2, -0.15) is 0 Å². The minimum Gasteiger partial charge on any atom is -0.494 e. The maximum Gasteiger partial charge on any atom is 0.221 e. The third-order valence-electron chi connectivity index (χ3n) is 4.25. The van der Waals surface area contributed by atoms with Gasteiger partial charge in [0, 0.05) is 32.1 Å². The Morgan fingerprint density at radius 1 is 1.42 bits per heavy atom. The molecule has 1 heterocycles. The Morgan fingerprint density at radius 2 is 2.25 bits per heavy atom. The van der Waals surface area contributed by atoms with Gasteiger partial charge in [-0.05, 0) is 44.0 Å². The Labute approximate surface area is 151 Å². The van der Waals surface area contributed by atoms with Crippen molar-refractivity contribution in [2.45, 2.75) is 45.2 Å². The summed E-state index contributed by atoms with van der Waals surface area (Å²) in [5.74, 6) is 0.978. The zero-order valence-corrected chi connectivity index (χ0v) is 15.3. The van der Waals surface area contributed by atoms with Crippen molar-refractivity contribution >= 4 is 18.3 Å². The molecule has 0 saturated carbocycles. The molecule has 0 aromatic heterocycles. The van der Waals surface area contributed by atoms with Crippen molar-refractivity contribution in [2.75, 3.05) is 26.2 Å². The summed E-state index contributed by atoms with van der Waals surface area (Å²) >= 11 is 0. The quantitative estimate of drug-likeness (QED) is 0.751. The molecule has 0 aliphatic carbocycles. The zero-order chi connectivity index (χ0) is 16.5.